The second-order valence-electron chi connectivity index (χ2n) is 15.4. The molecule has 274 valence electrons. The van der Waals surface area contributed by atoms with Gasteiger partial charge in [0.15, 0.2) is 0 Å². The number of para-hydroxylation sites is 3. The van der Waals surface area contributed by atoms with Gasteiger partial charge in [-0.3, -0.25) is 0 Å². The molecule has 0 spiro atoms. The maximum atomic E-state index is 7.01. The zero-order chi connectivity index (χ0) is 38.6. The van der Waals surface area contributed by atoms with E-state index in [4.69, 9.17) is 13.3 Å². The lowest BCUT2D eigenvalue weighted by atomic mass is 9.84. The Bertz CT molecular complexity index is 3780. The Hall–Kier alpha value is -7.88. The van der Waals surface area contributed by atoms with Crippen molar-refractivity contribution in [1.29, 1.82) is 0 Å². The Kier molecular flexibility index (Phi) is 6.72. The average Bonchev–Trinajstić information content (AvgIpc) is 4.00. The van der Waals surface area contributed by atoms with Gasteiger partial charge in [0.1, 0.15) is 33.5 Å². The maximum Gasteiger partial charge on any atom is 0.143 e. The lowest BCUT2D eigenvalue weighted by molar-refractivity contribution is 0.669. The third-order valence-corrected chi connectivity index (χ3v) is 12.3. The first-order valence-electron chi connectivity index (χ1n) is 20.1. The number of benzene rings is 10. The van der Waals surface area contributed by atoms with Crippen LogP contribution in [0.3, 0.4) is 0 Å². The Morgan fingerprint density at radius 2 is 0.678 bits per heavy atom. The van der Waals surface area contributed by atoms with E-state index in [0.717, 1.165) is 99.2 Å². The molecule has 0 aliphatic heterocycles. The third-order valence-electron chi connectivity index (χ3n) is 12.3. The smallest absolute Gasteiger partial charge is 0.143 e. The molecule has 0 fully saturated rings. The van der Waals surface area contributed by atoms with E-state index in [9.17, 15) is 0 Å². The molecule has 0 bridgehead atoms. The fourth-order valence-corrected chi connectivity index (χ4v) is 9.76. The molecule has 0 aliphatic rings. The van der Waals surface area contributed by atoms with Crippen molar-refractivity contribution in [2.24, 2.45) is 0 Å². The van der Waals surface area contributed by atoms with Gasteiger partial charge in [-0.1, -0.05) is 152 Å². The molecule has 3 heterocycles. The zero-order valence-corrected chi connectivity index (χ0v) is 31.7. The van der Waals surface area contributed by atoms with E-state index >= 15 is 0 Å². The molecule has 3 nitrogen and oxygen atoms in total. The van der Waals surface area contributed by atoms with Crippen LogP contribution in [-0.2, 0) is 0 Å². The van der Waals surface area contributed by atoms with Crippen LogP contribution in [0.25, 0.3) is 132 Å². The SMILES string of the molecule is c1ccc(-c2c3ccccc3c(-c3ccc(-c4ccc(-c5ccc6oc7ccccc7c6c5)c5c4oc4ccccc45)c4c3oc3ccccc34)c3ccccc23)cc1. The molecule has 3 heteroatoms. The Labute approximate surface area is 337 Å². The summed E-state index contributed by atoms with van der Waals surface area (Å²) in [6.07, 6.45) is 0. The van der Waals surface area contributed by atoms with Crippen molar-refractivity contribution in [3.63, 3.8) is 0 Å². The number of hydrogen-bond donors (Lipinski definition) is 0. The second-order valence-corrected chi connectivity index (χ2v) is 15.4. The fourth-order valence-electron chi connectivity index (χ4n) is 9.76. The molecule has 13 rings (SSSR count). The van der Waals surface area contributed by atoms with Crippen molar-refractivity contribution in [3.05, 3.63) is 194 Å². The topological polar surface area (TPSA) is 39.4 Å². The fraction of sp³-hybridized carbons (Fsp3) is 0. The van der Waals surface area contributed by atoms with Crippen molar-refractivity contribution in [2.75, 3.05) is 0 Å². The molecule has 0 aliphatic carbocycles. The average molecular weight is 753 g/mol. The molecule has 0 saturated carbocycles. The third kappa shape index (κ3) is 4.64. The number of hydrogen-bond acceptors (Lipinski definition) is 3. The van der Waals surface area contributed by atoms with E-state index in [0.29, 0.717) is 0 Å². The van der Waals surface area contributed by atoms with Crippen LogP contribution in [0.1, 0.15) is 0 Å². The quantitative estimate of drug-likeness (QED) is 0.168. The zero-order valence-electron chi connectivity index (χ0n) is 31.7. The first-order chi connectivity index (χ1) is 29.3. The Morgan fingerprint density at radius 1 is 0.237 bits per heavy atom. The van der Waals surface area contributed by atoms with E-state index in [-0.39, 0.29) is 0 Å². The van der Waals surface area contributed by atoms with E-state index in [1.54, 1.807) is 0 Å². The van der Waals surface area contributed by atoms with Crippen molar-refractivity contribution < 1.29 is 13.3 Å². The van der Waals surface area contributed by atoms with Gasteiger partial charge >= 0.3 is 0 Å². The molecule has 0 N–H and O–H groups in total. The van der Waals surface area contributed by atoms with Crippen molar-refractivity contribution >= 4 is 87.4 Å². The van der Waals surface area contributed by atoms with Gasteiger partial charge < -0.3 is 13.3 Å². The minimum absolute atomic E-state index is 0.850. The van der Waals surface area contributed by atoms with E-state index in [1.807, 2.05) is 18.2 Å². The van der Waals surface area contributed by atoms with Crippen LogP contribution in [0.5, 0.6) is 0 Å². The summed E-state index contributed by atoms with van der Waals surface area (Å²) in [4.78, 5) is 0. The summed E-state index contributed by atoms with van der Waals surface area (Å²) < 4.78 is 20.1. The molecule has 0 amide bonds. The molecule has 0 saturated heterocycles. The summed E-state index contributed by atoms with van der Waals surface area (Å²) >= 11 is 0. The standard InChI is InChI=1S/C56H32O3/c1-2-14-33(15-3-1)51-37-17-4-6-19-39(37)52(40-20-7-5-18-38(40)51)45-30-28-41(54-44-22-10-13-25-49(44)59-56(45)54)42-29-27-35(53-43-21-9-12-24-48(43)58-55(42)53)34-26-31-50-46(32-34)36-16-8-11-23-47(36)57-50/h1-32H. The van der Waals surface area contributed by atoms with Crippen molar-refractivity contribution in [2.45, 2.75) is 0 Å². The van der Waals surface area contributed by atoms with Gasteiger partial charge in [0.05, 0.1) is 0 Å². The monoisotopic (exact) mass is 752 g/mol. The van der Waals surface area contributed by atoms with Crippen LogP contribution < -0.4 is 0 Å². The summed E-state index contributed by atoms with van der Waals surface area (Å²) in [5, 5.41) is 11.3. The molecular weight excluding hydrogens is 721 g/mol. The van der Waals surface area contributed by atoms with Crippen LogP contribution in [0.4, 0.5) is 0 Å². The summed E-state index contributed by atoms with van der Waals surface area (Å²) in [6, 6.07) is 68.9. The molecular formula is C56H32O3. The number of fused-ring (bicyclic) bond motifs is 11. The van der Waals surface area contributed by atoms with Crippen LogP contribution in [0, 0.1) is 0 Å². The predicted molar refractivity (Wildman–Crippen MR) is 245 cm³/mol. The summed E-state index contributed by atoms with van der Waals surface area (Å²) in [5.41, 5.74) is 14.2. The first kappa shape index (κ1) is 32.2. The second kappa shape index (κ2) is 12.3. The molecule has 0 radical (unpaired) electrons. The van der Waals surface area contributed by atoms with Crippen LogP contribution >= 0.6 is 0 Å². The highest BCUT2D eigenvalue weighted by molar-refractivity contribution is 6.27. The molecule has 59 heavy (non-hydrogen) atoms. The van der Waals surface area contributed by atoms with Crippen molar-refractivity contribution in [3.8, 4) is 44.5 Å². The molecule has 0 unspecified atom stereocenters. The normalized spacial score (nSPS) is 12.1. The lowest BCUT2D eigenvalue weighted by Gasteiger charge is -2.18. The Balaban J connectivity index is 1.10. The van der Waals surface area contributed by atoms with E-state index in [2.05, 4.69) is 176 Å². The van der Waals surface area contributed by atoms with E-state index < -0.39 is 0 Å². The van der Waals surface area contributed by atoms with Gasteiger partial charge in [-0.2, -0.15) is 0 Å². The minimum Gasteiger partial charge on any atom is -0.456 e. The molecule has 13 aromatic rings. The molecule has 3 aromatic heterocycles. The largest absolute Gasteiger partial charge is 0.456 e. The van der Waals surface area contributed by atoms with Gasteiger partial charge in [-0.15, -0.1) is 0 Å². The minimum atomic E-state index is 0.850. The van der Waals surface area contributed by atoms with E-state index in [1.165, 1.54) is 32.7 Å². The first-order valence-corrected chi connectivity index (χ1v) is 20.1. The van der Waals surface area contributed by atoms with Crippen LogP contribution in [0.2, 0.25) is 0 Å². The lowest BCUT2D eigenvalue weighted by Crippen LogP contribution is -1.92. The van der Waals surface area contributed by atoms with Gasteiger partial charge in [0, 0.05) is 49.0 Å². The highest BCUT2D eigenvalue weighted by atomic mass is 16.3. The van der Waals surface area contributed by atoms with Crippen LogP contribution in [0.15, 0.2) is 207 Å². The van der Waals surface area contributed by atoms with Crippen LogP contribution in [-0.4, -0.2) is 0 Å². The highest BCUT2D eigenvalue weighted by Crippen LogP contribution is 2.50. The summed E-state index contributed by atoms with van der Waals surface area (Å²) in [6.45, 7) is 0. The molecule has 10 aromatic carbocycles. The number of furan rings is 3. The van der Waals surface area contributed by atoms with Gasteiger partial charge in [0.2, 0.25) is 0 Å². The summed E-state index contributed by atoms with van der Waals surface area (Å²) in [5.74, 6) is 0. The molecule has 0 atom stereocenters. The maximum absolute atomic E-state index is 7.01. The van der Waals surface area contributed by atoms with Crippen molar-refractivity contribution in [1.82, 2.24) is 0 Å². The van der Waals surface area contributed by atoms with Gasteiger partial charge in [0.25, 0.3) is 0 Å². The predicted octanol–water partition coefficient (Wildman–Crippen LogP) is 16.4. The van der Waals surface area contributed by atoms with Gasteiger partial charge in [-0.05, 0) is 91.8 Å². The Morgan fingerprint density at radius 3 is 1.32 bits per heavy atom. The highest BCUT2D eigenvalue weighted by Gasteiger charge is 2.25. The van der Waals surface area contributed by atoms with Gasteiger partial charge in [-0.25, -0.2) is 0 Å². The summed E-state index contributed by atoms with van der Waals surface area (Å²) in [7, 11) is 0. The number of rotatable bonds is 4.